The average molecular weight is 368 g/mol. The molecule has 3 aromatic rings. The molecule has 1 aliphatic rings. The number of ether oxygens (including phenoxy) is 1. The lowest BCUT2D eigenvalue weighted by Gasteiger charge is -2.27. The van der Waals surface area contributed by atoms with Crippen LogP contribution in [0.25, 0.3) is 16.7 Å². The molecule has 0 aliphatic carbocycles. The summed E-state index contributed by atoms with van der Waals surface area (Å²) in [5, 5.41) is 0. The average Bonchev–Trinajstić information content (AvgIpc) is 3.07. The van der Waals surface area contributed by atoms with Gasteiger partial charge in [-0.15, -0.1) is 0 Å². The maximum atomic E-state index is 14.9. The molecular weight excluding hydrogens is 347 g/mol. The maximum absolute atomic E-state index is 14.9. The van der Waals surface area contributed by atoms with Gasteiger partial charge in [0.2, 0.25) is 0 Å². The quantitative estimate of drug-likeness (QED) is 0.766. The van der Waals surface area contributed by atoms with Gasteiger partial charge in [0.15, 0.2) is 0 Å². The Balaban J connectivity index is 1.95. The van der Waals surface area contributed by atoms with Gasteiger partial charge in [-0.2, -0.15) is 0 Å². The number of nitrogens with two attached hydrogens (primary N) is 1. The highest BCUT2D eigenvalue weighted by Crippen LogP contribution is 2.28. The van der Waals surface area contributed by atoms with E-state index in [-0.39, 0.29) is 11.5 Å². The number of nitrogens with zero attached hydrogens (tertiary/aromatic N) is 3. The lowest BCUT2D eigenvalue weighted by atomic mass is 10.1. The third-order valence-corrected chi connectivity index (χ3v) is 4.73. The van der Waals surface area contributed by atoms with E-state index in [1.807, 2.05) is 34.9 Å². The first-order chi connectivity index (χ1) is 13.2. The highest BCUT2D eigenvalue weighted by atomic mass is 19.1. The Morgan fingerprint density at radius 2 is 1.89 bits per heavy atom. The van der Waals surface area contributed by atoms with E-state index >= 15 is 0 Å². The molecule has 2 aromatic carbocycles. The fourth-order valence-corrected chi connectivity index (χ4v) is 3.47. The maximum Gasteiger partial charge on any atom is 0.259 e. The number of morpholine rings is 1. The van der Waals surface area contributed by atoms with Crippen LogP contribution in [0.5, 0.6) is 0 Å². The first-order valence-electron chi connectivity index (χ1n) is 9.03. The van der Waals surface area contributed by atoms with E-state index in [1.165, 1.54) is 6.07 Å². The summed E-state index contributed by atoms with van der Waals surface area (Å²) in [6.07, 6.45) is 0.524. The van der Waals surface area contributed by atoms with Crippen LogP contribution in [-0.2, 0) is 11.2 Å². The van der Waals surface area contributed by atoms with Crippen LogP contribution in [0, 0.1) is 5.82 Å². The summed E-state index contributed by atoms with van der Waals surface area (Å²) in [4.78, 5) is 19.4. The molecule has 2 N–H and O–H groups in total. The van der Waals surface area contributed by atoms with Gasteiger partial charge in [-0.25, -0.2) is 9.37 Å². The number of para-hydroxylation sites is 1. The normalized spacial score (nSPS) is 14.7. The van der Waals surface area contributed by atoms with Crippen molar-refractivity contribution in [2.75, 3.05) is 32.8 Å². The number of hydrogen-bond acceptors (Lipinski definition) is 4. The second kappa shape index (κ2) is 7.46. The van der Waals surface area contributed by atoms with Crippen molar-refractivity contribution in [2.24, 2.45) is 5.73 Å². The van der Waals surface area contributed by atoms with Crippen LogP contribution < -0.4 is 5.73 Å². The number of halogens is 1. The molecule has 1 aliphatic heterocycles. The molecule has 1 saturated heterocycles. The Kier molecular flexibility index (Phi) is 4.87. The third kappa shape index (κ3) is 3.20. The van der Waals surface area contributed by atoms with E-state index in [1.54, 1.807) is 11.0 Å². The van der Waals surface area contributed by atoms with Gasteiger partial charge in [-0.05, 0) is 30.8 Å². The molecule has 0 unspecified atom stereocenters. The SMILES string of the molecule is NCCc1nc2ccc(F)c(C(=O)N3CCOCC3)c2n1-c1ccccc1. The van der Waals surface area contributed by atoms with Gasteiger partial charge in [0.05, 0.1) is 24.2 Å². The number of aromatic nitrogens is 2. The van der Waals surface area contributed by atoms with Gasteiger partial charge >= 0.3 is 0 Å². The van der Waals surface area contributed by atoms with Crippen LogP contribution in [0.4, 0.5) is 4.39 Å². The Morgan fingerprint density at radius 3 is 2.59 bits per heavy atom. The summed E-state index contributed by atoms with van der Waals surface area (Å²) in [5.41, 5.74) is 7.70. The molecule has 0 atom stereocenters. The minimum Gasteiger partial charge on any atom is -0.378 e. The molecule has 27 heavy (non-hydrogen) atoms. The zero-order chi connectivity index (χ0) is 18.8. The smallest absolute Gasteiger partial charge is 0.259 e. The molecular formula is C20H21FN4O2. The van der Waals surface area contributed by atoms with Crippen molar-refractivity contribution < 1.29 is 13.9 Å². The second-order valence-electron chi connectivity index (χ2n) is 6.43. The molecule has 0 bridgehead atoms. The van der Waals surface area contributed by atoms with Crippen LogP contribution in [0.3, 0.4) is 0 Å². The van der Waals surface area contributed by atoms with Crippen molar-refractivity contribution >= 4 is 16.9 Å². The molecule has 1 amide bonds. The Morgan fingerprint density at radius 1 is 1.15 bits per heavy atom. The second-order valence-corrected chi connectivity index (χ2v) is 6.43. The first-order valence-corrected chi connectivity index (χ1v) is 9.03. The van der Waals surface area contributed by atoms with Crippen LogP contribution >= 0.6 is 0 Å². The highest BCUT2D eigenvalue weighted by molar-refractivity contribution is 6.06. The van der Waals surface area contributed by atoms with Crippen LogP contribution in [0.15, 0.2) is 42.5 Å². The summed E-state index contributed by atoms with van der Waals surface area (Å²) in [6, 6.07) is 12.5. The minimum absolute atomic E-state index is 0.0500. The number of fused-ring (bicyclic) bond motifs is 1. The monoisotopic (exact) mass is 368 g/mol. The number of imidazole rings is 1. The number of carbonyl (C=O) groups is 1. The Hall–Kier alpha value is -2.77. The van der Waals surface area contributed by atoms with E-state index in [0.29, 0.717) is 56.1 Å². The van der Waals surface area contributed by atoms with Gasteiger partial charge in [0, 0.05) is 25.2 Å². The van der Waals surface area contributed by atoms with Crippen molar-refractivity contribution in [2.45, 2.75) is 6.42 Å². The summed E-state index contributed by atoms with van der Waals surface area (Å²) in [6.45, 7) is 2.22. The predicted molar refractivity (Wildman–Crippen MR) is 101 cm³/mol. The number of carbonyl (C=O) groups excluding carboxylic acids is 1. The van der Waals surface area contributed by atoms with Crippen molar-refractivity contribution in [3.63, 3.8) is 0 Å². The number of amides is 1. The van der Waals surface area contributed by atoms with Gasteiger partial charge < -0.3 is 15.4 Å². The molecule has 7 heteroatoms. The predicted octanol–water partition coefficient (Wildman–Crippen LogP) is 2.14. The zero-order valence-corrected chi connectivity index (χ0v) is 14.9. The lowest BCUT2D eigenvalue weighted by Crippen LogP contribution is -2.41. The molecule has 0 spiro atoms. The fourth-order valence-electron chi connectivity index (χ4n) is 3.47. The molecule has 1 fully saturated rings. The molecule has 2 heterocycles. The van der Waals surface area contributed by atoms with Gasteiger partial charge in [-0.1, -0.05) is 18.2 Å². The van der Waals surface area contributed by atoms with E-state index in [0.717, 1.165) is 5.69 Å². The summed E-state index contributed by atoms with van der Waals surface area (Å²) >= 11 is 0. The topological polar surface area (TPSA) is 73.4 Å². The van der Waals surface area contributed by atoms with Gasteiger partial charge in [0.1, 0.15) is 17.2 Å². The van der Waals surface area contributed by atoms with E-state index in [2.05, 4.69) is 4.98 Å². The molecule has 140 valence electrons. The summed E-state index contributed by atoms with van der Waals surface area (Å²) < 4.78 is 22.0. The first kappa shape index (κ1) is 17.6. The van der Waals surface area contributed by atoms with Crippen molar-refractivity contribution in [3.05, 3.63) is 59.7 Å². The molecule has 0 saturated carbocycles. The van der Waals surface area contributed by atoms with Crippen molar-refractivity contribution in [3.8, 4) is 5.69 Å². The number of rotatable bonds is 4. The summed E-state index contributed by atoms with van der Waals surface area (Å²) in [5.74, 6) is -0.173. The highest BCUT2D eigenvalue weighted by Gasteiger charge is 2.27. The zero-order valence-electron chi connectivity index (χ0n) is 14.9. The van der Waals surface area contributed by atoms with E-state index in [4.69, 9.17) is 10.5 Å². The molecule has 1 aromatic heterocycles. The van der Waals surface area contributed by atoms with Crippen molar-refractivity contribution in [1.82, 2.24) is 14.5 Å². The fraction of sp³-hybridized carbons (Fsp3) is 0.300. The molecule has 4 rings (SSSR count). The largest absolute Gasteiger partial charge is 0.378 e. The molecule has 6 nitrogen and oxygen atoms in total. The Bertz CT molecular complexity index is 965. The number of benzene rings is 2. The summed E-state index contributed by atoms with van der Waals surface area (Å²) in [7, 11) is 0. The Labute approximate surface area is 156 Å². The van der Waals surface area contributed by atoms with Gasteiger partial charge in [-0.3, -0.25) is 9.36 Å². The van der Waals surface area contributed by atoms with E-state index in [9.17, 15) is 9.18 Å². The van der Waals surface area contributed by atoms with Crippen molar-refractivity contribution in [1.29, 1.82) is 0 Å². The van der Waals surface area contributed by atoms with E-state index < -0.39 is 5.82 Å². The van der Waals surface area contributed by atoms with Crippen LogP contribution in [-0.4, -0.2) is 53.2 Å². The minimum atomic E-state index is -0.546. The van der Waals surface area contributed by atoms with Crippen LogP contribution in [0.1, 0.15) is 16.2 Å². The van der Waals surface area contributed by atoms with Crippen LogP contribution in [0.2, 0.25) is 0 Å². The third-order valence-electron chi connectivity index (χ3n) is 4.73. The number of hydrogen-bond donors (Lipinski definition) is 1. The molecule has 0 radical (unpaired) electrons. The lowest BCUT2D eigenvalue weighted by molar-refractivity contribution is 0.0301. The standard InChI is InChI=1S/C20H21FN4O2/c21-15-6-7-16-19(18(15)20(26)24-10-12-27-13-11-24)25(17(23-16)8-9-22)14-4-2-1-3-5-14/h1-7H,8-13,22H2. The van der Waals surface area contributed by atoms with Gasteiger partial charge in [0.25, 0.3) is 5.91 Å².